The molecule has 0 fully saturated rings. The van der Waals surface area contributed by atoms with Crippen LogP contribution in [-0.2, 0) is 9.84 Å². The van der Waals surface area contributed by atoms with Crippen molar-refractivity contribution in [2.45, 2.75) is 32.1 Å². The van der Waals surface area contributed by atoms with Crippen molar-refractivity contribution in [3.8, 4) is 5.75 Å². The summed E-state index contributed by atoms with van der Waals surface area (Å²) in [6, 6.07) is 35.6. The van der Waals surface area contributed by atoms with E-state index in [0.717, 1.165) is 58.8 Å². The summed E-state index contributed by atoms with van der Waals surface area (Å²) < 4.78 is 32.8. The van der Waals surface area contributed by atoms with Gasteiger partial charge in [-0.1, -0.05) is 104 Å². The Kier molecular flexibility index (Phi) is 10.3. The molecule has 4 nitrogen and oxygen atoms in total. The molecule has 0 radical (unpaired) electrons. The molecule has 0 aromatic heterocycles. The second-order valence-corrected chi connectivity index (χ2v) is 12.0. The molecule has 4 rings (SSSR count). The van der Waals surface area contributed by atoms with Crippen LogP contribution in [0.2, 0.25) is 0 Å². The third-order valence-corrected chi connectivity index (χ3v) is 8.93. The van der Waals surface area contributed by atoms with Gasteiger partial charge in [0.2, 0.25) is 0 Å². The zero-order valence-electron chi connectivity index (χ0n) is 23.7. The summed E-state index contributed by atoms with van der Waals surface area (Å²) in [5.74, 6) is 0.843. The summed E-state index contributed by atoms with van der Waals surface area (Å²) in [6.07, 6.45) is 0.382. The molecule has 0 aliphatic rings. The van der Waals surface area contributed by atoms with Crippen LogP contribution in [0, 0.1) is 6.92 Å². The molecule has 4 aromatic rings. The predicted molar refractivity (Wildman–Crippen MR) is 166 cm³/mol. The van der Waals surface area contributed by atoms with Crippen LogP contribution >= 0.6 is 0 Å². The molecule has 0 spiro atoms. The Balaban J connectivity index is 1.72. The van der Waals surface area contributed by atoms with Crippen LogP contribution < -0.4 is 4.74 Å². The number of allylic oxidation sites excluding steroid dienone is 1. The number of rotatable bonds is 13. The van der Waals surface area contributed by atoms with E-state index in [-0.39, 0.29) is 5.75 Å². The summed E-state index contributed by atoms with van der Waals surface area (Å²) in [4.78, 5) is 2.69. The Morgan fingerprint density at radius 1 is 0.700 bits per heavy atom. The van der Waals surface area contributed by atoms with Crippen LogP contribution in [0.15, 0.2) is 114 Å². The van der Waals surface area contributed by atoms with E-state index >= 15 is 0 Å². The predicted octanol–water partition coefficient (Wildman–Crippen LogP) is 7.54. The van der Waals surface area contributed by atoms with Crippen molar-refractivity contribution in [3.63, 3.8) is 0 Å². The fraction of sp³-hybridized carbons (Fsp3) is 0.257. The Morgan fingerprint density at radius 2 is 1.25 bits per heavy atom. The molecule has 208 valence electrons. The Labute approximate surface area is 239 Å². The number of aryl methyl sites for hydroxylation is 1. The minimum Gasteiger partial charge on any atom is -0.492 e. The van der Waals surface area contributed by atoms with Gasteiger partial charge in [-0.25, -0.2) is 8.42 Å². The van der Waals surface area contributed by atoms with Crippen LogP contribution in [0.3, 0.4) is 0 Å². The lowest BCUT2D eigenvalue weighted by Gasteiger charge is -2.19. The van der Waals surface area contributed by atoms with Gasteiger partial charge in [-0.3, -0.25) is 0 Å². The monoisotopic (exact) mass is 553 g/mol. The minimum atomic E-state index is -3.46. The lowest BCUT2D eigenvalue weighted by Crippen LogP contribution is -2.27. The molecule has 4 aromatic carbocycles. The fourth-order valence-corrected chi connectivity index (χ4v) is 6.08. The number of sulfone groups is 1. The van der Waals surface area contributed by atoms with Gasteiger partial charge < -0.3 is 9.64 Å². The van der Waals surface area contributed by atoms with Gasteiger partial charge >= 0.3 is 0 Å². The van der Waals surface area contributed by atoms with Crippen molar-refractivity contribution in [1.82, 2.24) is 4.90 Å². The molecule has 0 heterocycles. The van der Waals surface area contributed by atoms with E-state index in [2.05, 4.69) is 55.1 Å². The average molecular weight is 554 g/mol. The average Bonchev–Trinajstić information content (AvgIpc) is 2.99. The van der Waals surface area contributed by atoms with Gasteiger partial charge in [-0.2, -0.15) is 0 Å². The highest BCUT2D eigenvalue weighted by atomic mass is 32.2. The van der Waals surface area contributed by atoms with Gasteiger partial charge in [0.1, 0.15) is 12.4 Å². The van der Waals surface area contributed by atoms with E-state index < -0.39 is 9.84 Å². The van der Waals surface area contributed by atoms with Crippen LogP contribution in [-0.4, -0.2) is 45.3 Å². The largest absolute Gasteiger partial charge is 0.492 e. The minimum absolute atomic E-state index is 0.0170. The zero-order valence-corrected chi connectivity index (χ0v) is 24.5. The normalized spacial score (nSPS) is 12.3. The summed E-state index contributed by atoms with van der Waals surface area (Å²) in [7, 11) is -3.46. The molecular weight excluding hydrogens is 514 g/mol. The summed E-state index contributed by atoms with van der Waals surface area (Å²) in [5, 5.41) is 0. The van der Waals surface area contributed by atoms with E-state index in [1.807, 2.05) is 67.6 Å². The Hall–Kier alpha value is -3.67. The van der Waals surface area contributed by atoms with Crippen molar-refractivity contribution in [2.24, 2.45) is 0 Å². The topological polar surface area (TPSA) is 46.6 Å². The van der Waals surface area contributed by atoms with E-state index in [1.54, 1.807) is 12.1 Å². The van der Waals surface area contributed by atoms with Crippen LogP contribution in [0.5, 0.6) is 5.75 Å². The Bertz CT molecular complexity index is 1470. The van der Waals surface area contributed by atoms with Crippen LogP contribution in [0.1, 0.15) is 42.5 Å². The Morgan fingerprint density at radius 3 is 1.82 bits per heavy atom. The maximum absolute atomic E-state index is 13.4. The molecule has 0 unspecified atom stereocenters. The maximum atomic E-state index is 13.4. The first-order valence-corrected chi connectivity index (χ1v) is 15.7. The molecule has 0 bridgehead atoms. The highest BCUT2D eigenvalue weighted by molar-refractivity contribution is 7.91. The number of benzene rings is 4. The van der Waals surface area contributed by atoms with Gasteiger partial charge in [0.05, 0.1) is 10.6 Å². The number of likely N-dealkylation sites (N-methyl/N-ethyl adjacent to an activating group) is 1. The molecule has 0 N–H and O–H groups in total. The lowest BCUT2D eigenvalue weighted by atomic mass is 9.88. The van der Waals surface area contributed by atoms with Gasteiger partial charge in [0.25, 0.3) is 0 Å². The zero-order chi connectivity index (χ0) is 28.4. The maximum Gasteiger partial charge on any atom is 0.178 e. The molecule has 0 aliphatic carbocycles. The summed E-state index contributed by atoms with van der Waals surface area (Å²) in [5.41, 5.74) is 6.15. The van der Waals surface area contributed by atoms with Crippen molar-refractivity contribution in [1.29, 1.82) is 0 Å². The molecule has 0 aliphatic heterocycles. The SMILES string of the molecule is CCN(CC)CCOc1ccc(C(=C(CCS(=O)(=O)c2ccc(C)cc2)c2ccccc2)c2ccccc2)cc1. The fourth-order valence-electron chi connectivity index (χ4n) is 4.82. The van der Waals surface area contributed by atoms with E-state index in [0.29, 0.717) is 17.9 Å². The molecular formula is C35H39NO3S. The first-order valence-electron chi connectivity index (χ1n) is 14.0. The molecule has 0 amide bonds. The lowest BCUT2D eigenvalue weighted by molar-refractivity contribution is 0.223. The van der Waals surface area contributed by atoms with Gasteiger partial charge in [-0.05, 0) is 78.5 Å². The van der Waals surface area contributed by atoms with E-state index in [4.69, 9.17) is 4.74 Å². The molecule has 0 saturated carbocycles. The first kappa shape index (κ1) is 29.3. The number of hydrogen-bond donors (Lipinski definition) is 0. The van der Waals surface area contributed by atoms with Gasteiger partial charge in [0.15, 0.2) is 9.84 Å². The third kappa shape index (κ3) is 7.71. The van der Waals surface area contributed by atoms with Crippen molar-refractivity contribution in [3.05, 3.63) is 131 Å². The number of ether oxygens (including phenoxy) is 1. The van der Waals surface area contributed by atoms with Crippen molar-refractivity contribution >= 4 is 21.0 Å². The highest BCUT2D eigenvalue weighted by Crippen LogP contribution is 2.36. The summed E-state index contributed by atoms with van der Waals surface area (Å²) in [6.45, 7) is 9.81. The number of hydrogen-bond acceptors (Lipinski definition) is 4. The molecule has 0 saturated heterocycles. The standard InChI is InChI=1S/C35H39NO3S/c1-4-36(5-2)25-26-39-32-20-18-31(19-21-32)35(30-14-10-7-11-15-30)34(29-12-8-6-9-13-29)24-27-40(37,38)33-22-16-28(3)17-23-33/h6-23H,4-5,24-27H2,1-3H3. The third-order valence-electron chi connectivity index (χ3n) is 7.20. The molecule has 5 heteroatoms. The van der Waals surface area contributed by atoms with Crippen LogP contribution in [0.25, 0.3) is 11.1 Å². The van der Waals surface area contributed by atoms with Gasteiger partial charge in [-0.15, -0.1) is 0 Å². The first-order chi connectivity index (χ1) is 19.4. The quantitative estimate of drug-likeness (QED) is 0.161. The molecule has 40 heavy (non-hydrogen) atoms. The highest BCUT2D eigenvalue weighted by Gasteiger charge is 2.20. The van der Waals surface area contributed by atoms with Crippen molar-refractivity contribution < 1.29 is 13.2 Å². The second kappa shape index (κ2) is 14.1. The van der Waals surface area contributed by atoms with Gasteiger partial charge in [0, 0.05) is 6.54 Å². The van der Waals surface area contributed by atoms with Crippen LogP contribution in [0.4, 0.5) is 0 Å². The van der Waals surface area contributed by atoms with E-state index in [1.165, 1.54) is 0 Å². The molecule has 0 atom stereocenters. The van der Waals surface area contributed by atoms with E-state index in [9.17, 15) is 8.42 Å². The van der Waals surface area contributed by atoms with Crippen molar-refractivity contribution in [2.75, 3.05) is 32.0 Å². The summed E-state index contributed by atoms with van der Waals surface area (Å²) >= 11 is 0. The number of nitrogens with zero attached hydrogens (tertiary/aromatic N) is 1. The second-order valence-electron chi connectivity index (χ2n) is 9.87. The smallest absolute Gasteiger partial charge is 0.178 e.